The Morgan fingerprint density at radius 3 is 1.27 bits per heavy atom. The Bertz CT molecular complexity index is 1230. The van der Waals surface area contributed by atoms with Gasteiger partial charge in [0, 0.05) is 0 Å². The van der Waals surface area contributed by atoms with E-state index >= 15 is 0 Å². The molecule has 0 saturated carbocycles. The van der Waals surface area contributed by atoms with Crippen LogP contribution in [0.5, 0.6) is 0 Å². The van der Waals surface area contributed by atoms with Gasteiger partial charge >= 0.3 is 33.4 Å². The molecule has 0 bridgehead atoms. The van der Waals surface area contributed by atoms with Crippen molar-refractivity contribution in [2.24, 2.45) is 0 Å². The van der Waals surface area contributed by atoms with Crippen LogP contribution in [0.15, 0.2) is 84.9 Å². The van der Waals surface area contributed by atoms with Crippen molar-refractivity contribution in [1.29, 1.82) is 0 Å². The number of benzene rings is 3. The van der Waals surface area contributed by atoms with E-state index in [1.165, 1.54) is 21.5 Å². The molecule has 0 aliphatic carbocycles. The lowest BCUT2D eigenvalue weighted by atomic mass is 10.1. The molecule has 0 spiro atoms. The van der Waals surface area contributed by atoms with E-state index in [4.69, 9.17) is 4.55 Å². The van der Waals surface area contributed by atoms with Gasteiger partial charge in [0.25, 0.3) is 0 Å². The summed E-state index contributed by atoms with van der Waals surface area (Å²) in [5.74, 6) is -14.7. The van der Waals surface area contributed by atoms with E-state index in [0.717, 1.165) is 0 Å². The molecule has 0 aromatic heterocycles. The Morgan fingerprint density at radius 2 is 0.946 bits per heavy atom. The molecule has 1 N–H and O–H groups in total. The number of hydrogen-bond donors (Lipinski definition) is 1. The lowest BCUT2D eigenvalue weighted by Crippen LogP contribution is -2.63. The molecule has 14 heteroatoms. The van der Waals surface area contributed by atoms with E-state index in [9.17, 15) is 47.9 Å². The Hall–Kier alpha value is -2.63. The molecule has 3 aromatic carbocycles. The third kappa shape index (κ3) is 6.45. The fourth-order valence-corrected chi connectivity index (χ4v) is 5.55. The van der Waals surface area contributed by atoms with E-state index in [2.05, 4.69) is 91.9 Å². The molecule has 0 aliphatic rings. The van der Waals surface area contributed by atoms with Crippen LogP contribution < -0.4 is 15.9 Å². The molecule has 0 aliphatic heterocycles. The summed E-state index contributed by atoms with van der Waals surface area (Å²) >= 11 is 0. The lowest BCUT2D eigenvalue weighted by molar-refractivity contribution is -0.382. The average molecular weight is 576 g/mol. The summed E-state index contributed by atoms with van der Waals surface area (Å²) in [6, 6.07) is 30.5. The van der Waals surface area contributed by atoms with Crippen LogP contribution in [0.4, 0.5) is 39.5 Å². The number of rotatable bonds is 6. The minimum absolute atomic E-state index is 0.458. The van der Waals surface area contributed by atoms with Gasteiger partial charge in [-0.15, -0.1) is 0 Å². The highest BCUT2D eigenvalue weighted by Gasteiger charge is 2.85. The molecular formula is C23H18F9O3PS. The van der Waals surface area contributed by atoms with E-state index in [1.807, 2.05) is 0 Å². The van der Waals surface area contributed by atoms with Gasteiger partial charge in [-0.05, 0) is 30.8 Å². The first-order valence-corrected chi connectivity index (χ1v) is 12.8. The van der Waals surface area contributed by atoms with E-state index in [0.29, 0.717) is 0 Å². The third-order valence-corrected chi connectivity index (χ3v) is 8.11. The van der Waals surface area contributed by atoms with E-state index in [-0.39, 0.29) is 0 Å². The van der Waals surface area contributed by atoms with E-state index < -0.39 is 41.3 Å². The molecule has 0 unspecified atom stereocenters. The van der Waals surface area contributed by atoms with Gasteiger partial charge in [-0.25, -0.2) is 0 Å². The Morgan fingerprint density at radius 1 is 0.595 bits per heavy atom. The van der Waals surface area contributed by atoms with Crippen LogP contribution in [0.2, 0.25) is 0 Å². The highest BCUT2D eigenvalue weighted by Crippen LogP contribution is 2.54. The zero-order valence-electron chi connectivity index (χ0n) is 18.6. The predicted molar refractivity (Wildman–Crippen MR) is 122 cm³/mol. The molecule has 3 aromatic rings. The smallest absolute Gasteiger partial charge is 0.281 e. The van der Waals surface area contributed by atoms with Gasteiger partial charge in [0.05, 0.1) is 0 Å². The van der Waals surface area contributed by atoms with Crippen LogP contribution in [-0.2, 0) is 10.1 Å². The second kappa shape index (κ2) is 11.0. The maximum atomic E-state index is 12.2. The van der Waals surface area contributed by atoms with Crippen LogP contribution in [0.1, 0.15) is 5.56 Å². The van der Waals surface area contributed by atoms with Crippen LogP contribution in [0, 0.1) is 6.92 Å². The molecular weight excluding hydrogens is 558 g/mol. The maximum Gasteiger partial charge on any atom is 0.460 e. The zero-order chi connectivity index (χ0) is 28.3. The summed E-state index contributed by atoms with van der Waals surface area (Å²) in [5, 5.41) is -2.79. The van der Waals surface area contributed by atoms with Crippen LogP contribution >= 0.6 is 7.92 Å². The SMILES string of the molecule is Cc1ccc(P(c2ccccc2)c2ccccc2)cc1.O=S(=O)(O)C(F)(F)C(F)(F)C(F)(F)C(F)(F)F. The molecule has 3 rings (SSSR count). The first-order chi connectivity index (χ1) is 16.8. The molecule has 0 fully saturated rings. The van der Waals surface area contributed by atoms with Gasteiger partial charge in [0.15, 0.2) is 0 Å². The van der Waals surface area contributed by atoms with Crippen molar-refractivity contribution in [2.75, 3.05) is 0 Å². The van der Waals surface area contributed by atoms with Gasteiger partial charge in [-0.3, -0.25) is 4.55 Å². The number of halogens is 9. The van der Waals surface area contributed by atoms with Crippen LogP contribution in [-0.4, -0.2) is 36.2 Å². The van der Waals surface area contributed by atoms with E-state index in [1.54, 1.807) is 0 Å². The fourth-order valence-electron chi connectivity index (χ4n) is 2.82. The summed E-state index contributed by atoms with van der Waals surface area (Å²) in [4.78, 5) is 0. The topological polar surface area (TPSA) is 54.4 Å². The number of alkyl halides is 9. The molecule has 37 heavy (non-hydrogen) atoms. The largest absolute Gasteiger partial charge is 0.460 e. The zero-order valence-corrected chi connectivity index (χ0v) is 20.3. The maximum absolute atomic E-state index is 12.2. The Labute approximate surface area is 207 Å². The quantitative estimate of drug-likeness (QED) is 0.221. The molecule has 0 atom stereocenters. The summed E-state index contributed by atoms with van der Waals surface area (Å²) in [6.07, 6.45) is -7.13. The average Bonchev–Trinajstić information content (AvgIpc) is 2.81. The molecule has 3 nitrogen and oxygen atoms in total. The monoisotopic (exact) mass is 576 g/mol. The molecule has 0 radical (unpaired) electrons. The van der Waals surface area contributed by atoms with Crippen molar-refractivity contribution in [2.45, 2.75) is 30.2 Å². The first kappa shape index (κ1) is 30.6. The highest BCUT2D eigenvalue weighted by atomic mass is 32.2. The van der Waals surface area contributed by atoms with Gasteiger partial charge in [-0.2, -0.15) is 47.9 Å². The predicted octanol–water partition coefficient (Wildman–Crippen LogP) is 6.05. The third-order valence-electron chi connectivity index (χ3n) is 4.76. The van der Waals surface area contributed by atoms with Crippen molar-refractivity contribution in [3.8, 4) is 0 Å². The second-order valence-electron chi connectivity index (χ2n) is 7.48. The first-order valence-electron chi connectivity index (χ1n) is 9.98. The summed E-state index contributed by atoms with van der Waals surface area (Å²) in [5.41, 5.74) is 1.31. The number of hydrogen-bond acceptors (Lipinski definition) is 2. The Kier molecular flexibility index (Phi) is 9.10. The van der Waals surface area contributed by atoms with Gasteiger partial charge < -0.3 is 0 Å². The minimum Gasteiger partial charge on any atom is -0.281 e. The van der Waals surface area contributed by atoms with Crippen molar-refractivity contribution in [3.63, 3.8) is 0 Å². The summed E-state index contributed by atoms with van der Waals surface area (Å²) < 4.78 is 134. The molecule has 202 valence electrons. The summed E-state index contributed by atoms with van der Waals surface area (Å²) in [7, 11) is -7.63. The summed E-state index contributed by atoms with van der Waals surface area (Å²) in [6.45, 7) is 2.14. The molecule has 0 heterocycles. The second-order valence-corrected chi connectivity index (χ2v) is 11.2. The fraction of sp³-hybridized carbons (Fsp3) is 0.217. The Balaban J connectivity index is 0.000000265. The van der Waals surface area contributed by atoms with Crippen LogP contribution in [0.3, 0.4) is 0 Å². The van der Waals surface area contributed by atoms with Crippen molar-refractivity contribution < 1.29 is 52.5 Å². The van der Waals surface area contributed by atoms with Crippen LogP contribution in [0.25, 0.3) is 0 Å². The lowest BCUT2D eigenvalue weighted by Gasteiger charge is -2.31. The minimum atomic E-state index is -7.37. The van der Waals surface area contributed by atoms with Crippen molar-refractivity contribution in [1.82, 2.24) is 0 Å². The van der Waals surface area contributed by atoms with Gasteiger partial charge in [0.2, 0.25) is 0 Å². The standard InChI is InChI=1S/C19H17P.C4HF9O3S/c1-16-12-14-19(15-13-16)20(17-8-4-2-5-9-17)18-10-6-3-7-11-18;5-1(6,3(9,10)11)2(7,8)4(12,13)17(14,15)16/h2-15H,1H3;(H,14,15,16). The normalized spacial score (nSPS) is 13.2. The van der Waals surface area contributed by atoms with Crippen molar-refractivity contribution in [3.05, 3.63) is 90.5 Å². The molecule has 0 amide bonds. The van der Waals surface area contributed by atoms with Crippen molar-refractivity contribution >= 4 is 34.0 Å². The van der Waals surface area contributed by atoms with Gasteiger partial charge in [-0.1, -0.05) is 90.5 Å². The van der Waals surface area contributed by atoms with Gasteiger partial charge in [0.1, 0.15) is 0 Å². The highest BCUT2D eigenvalue weighted by molar-refractivity contribution is 7.87. The molecule has 0 saturated heterocycles. The number of aryl methyl sites for hydroxylation is 1.